The third kappa shape index (κ3) is 6.39. The zero-order chi connectivity index (χ0) is 28.3. The number of carbonyl (C=O) groups excluding carboxylic acids is 1. The molecule has 2 aromatic heterocycles. The number of Topliss-reactive ketones (excluding diaryl/α,β-unsaturated/α-hetero) is 1. The van der Waals surface area contributed by atoms with Gasteiger partial charge in [-0.1, -0.05) is 47.7 Å². The number of aromatic nitrogens is 2. The first-order chi connectivity index (χ1) is 19.2. The van der Waals surface area contributed by atoms with Crippen molar-refractivity contribution in [2.24, 2.45) is 0 Å². The molecule has 0 radical (unpaired) electrons. The highest BCUT2D eigenvalue weighted by Gasteiger charge is 2.26. The van der Waals surface area contributed by atoms with Crippen molar-refractivity contribution in [3.63, 3.8) is 0 Å². The van der Waals surface area contributed by atoms with Crippen LogP contribution in [0.1, 0.15) is 39.7 Å². The van der Waals surface area contributed by atoms with Crippen molar-refractivity contribution in [2.45, 2.75) is 36.2 Å². The molecule has 3 heterocycles. The molecule has 208 valence electrons. The Hall–Kier alpha value is -3.64. The number of pyridine rings is 1. The Balaban J connectivity index is 1.18. The third-order valence-electron chi connectivity index (χ3n) is 6.78. The standard InChI is InChI=1S/C29H30N4O5S2/c1-18-28(39-29(30)33-18)40(36,37)17-26(35)20-6-4-19(5-7-20)21-9-11-27-22(13-21)8-10-24(38-27)15-32-16-25(34)23-3-2-12-31-14-23/h2-7,9,11-14,24-25,32,34H,8,10,15-17H2,1H3,(H2,30,33)/t24-,25+/m1/s1. The Labute approximate surface area is 237 Å². The first-order valence-corrected chi connectivity index (χ1v) is 15.3. The summed E-state index contributed by atoms with van der Waals surface area (Å²) in [5.41, 5.74) is 10.0. The number of benzene rings is 2. The Kier molecular flexibility index (Phi) is 8.27. The lowest BCUT2D eigenvalue weighted by Crippen LogP contribution is -2.36. The molecule has 2 atom stereocenters. The van der Waals surface area contributed by atoms with Crippen LogP contribution in [0.25, 0.3) is 11.1 Å². The molecule has 40 heavy (non-hydrogen) atoms. The van der Waals surface area contributed by atoms with Crippen molar-refractivity contribution >= 4 is 32.1 Å². The van der Waals surface area contributed by atoms with Gasteiger partial charge in [-0.05, 0) is 54.7 Å². The van der Waals surface area contributed by atoms with Gasteiger partial charge < -0.3 is 20.9 Å². The lowest BCUT2D eigenvalue weighted by atomic mass is 9.96. The second kappa shape index (κ2) is 11.8. The SMILES string of the molecule is Cc1nc(N)sc1S(=O)(=O)CC(=O)c1ccc(-c2ccc3c(c2)CC[C@H](CNC[C@H](O)c2cccnc2)O3)cc1. The number of fused-ring (bicyclic) bond motifs is 1. The number of sulfone groups is 1. The van der Waals surface area contributed by atoms with Crippen LogP contribution < -0.4 is 15.8 Å². The van der Waals surface area contributed by atoms with Gasteiger partial charge in [0, 0.05) is 36.6 Å². The third-order valence-corrected chi connectivity index (χ3v) is 10.1. The van der Waals surface area contributed by atoms with Gasteiger partial charge in [0.2, 0.25) is 0 Å². The van der Waals surface area contributed by atoms with Crippen LogP contribution in [0, 0.1) is 6.92 Å². The van der Waals surface area contributed by atoms with E-state index in [1.165, 1.54) is 0 Å². The van der Waals surface area contributed by atoms with Crippen molar-refractivity contribution in [3.8, 4) is 16.9 Å². The fourth-order valence-electron chi connectivity index (χ4n) is 4.70. The lowest BCUT2D eigenvalue weighted by molar-refractivity contribution is 0.102. The predicted octanol–water partition coefficient (Wildman–Crippen LogP) is 3.77. The summed E-state index contributed by atoms with van der Waals surface area (Å²) >= 11 is 0.874. The number of rotatable bonds is 10. The number of nitrogens with zero attached hydrogens (tertiary/aromatic N) is 2. The summed E-state index contributed by atoms with van der Waals surface area (Å²) in [5, 5.41) is 13.8. The van der Waals surface area contributed by atoms with Gasteiger partial charge in [0.05, 0.1) is 11.8 Å². The molecule has 11 heteroatoms. The molecular formula is C29H30N4O5S2. The van der Waals surface area contributed by atoms with Crippen LogP contribution in [0.3, 0.4) is 0 Å². The molecule has 0 fully saturated rings. The molecule has 0 unspecified atom stereocenters. The summed E-state index contributed by atoms with van der Waals surface area (Å²) in [4.78, 5) is 20.7. The number of ether oxygens (including phenoxy) is 1. The van der Waals surface area contributed by atoms with Gasteiger partial charge in [0.15, 0.2) is 20.8 Å². The largest absolute Gasteiger partial charge is 0.489 e. The van der Waals surface area contributed by atoms with E-state index in [0.29, 0.717) is 24.3 Å². The molecule has 5 rings (SSSR count). The lowest BCUT2D eigenvalue weighted by Gasteiger charge is -2.27. The highest BCUT2D eigenvalue weighted by Crippen LogP contribution is 2.32. The fraction of sp³-hybridized carbons (Fsp3) is 0.276. The minimum Gasteiger partial charge on any atom is -0.489 e. The number of ketones is 1. The second-order valence-electron chi connectivity index (χ2n) is 9.75. The quantitative estimate of drug-likeness (QED) is 0.240. The molecule has 0 amide bonds. The average Bonchev–Trinajstić information content (AvgIpc) is 3.31. The Morgan fingerprint density at radius 2 is 1.98 bits per heavy atom. The Morgan fingerprint density at radius 3 is 2.67 bits per heavy atom. The van der Waals surface area contributed by atoms with Gasteiger partial charge in [-0.15, -0.1) is 0 Å². The summed E-state index contributed by atoms with van der Waals surface area (Å²) in [6.07, 6.45) is 4.43. The first kappa shape index (κ1) is 27.9. The number of anilines is 1. The number of aryl methyl sites for hydroxylation is 2. The minimum absolute atomic E-state index is 0.00575. The number of aliphatic hydroxyl groups excluding tert-OH is 1. The van der Waals surface area contributed by atoms with Crippen molar-refractivity contribution in [1.82, 2.24) is 15.3 Å². The number of aliphatic hydroxyl groups is 1. The number of hydrogen-bond donors (Lipinski definition) is 3. The smallest absolute Gasteiger partial charge is 0.197 e. The normalized spacial score (nSPS) is 15.7. The summed E-state index contributed by atoms with van der Waals surface area (Å²) in [7, 11) is -3.82. The topological polar surface area (TPSA) is 144 Å². The number of nitrogens with one attached hydrogen (secondary N) is 1. The van der Waals surface area contributed by atoms with E-state index in [1.807, 2.05) is 30.3 Å². The molecule has 4 aromatic rings. The number of nitrogens with two attached hydrogens (primary N) is 1. The molecule has 0 spiro atoms. The van der Waals surface area contributed by atoms with E-state index in [4.69, 9.17) is 10.5 Å². The maximum atomic E-state index is 12.7. The maximum absolute atomic E-state index is 12.7. The van der Waals surface area contributed by atoms with Crippen molar-refractivity contribution in [1.29, 1.82) is 0 Å². The van der Waals surface area contributed by atoms with Crippen LogP contribution in [0.4, 0.5) is 5.13 Å². The van der Waals surface area contributed by atoms with Crippen LogP contribution in [0.15, 0.2) is 71.2 Å². The van der Waals surface area contributed by atoms with Crippen LogP contribution in [-0.2, 0) is 16.3 Å². The molecule has 0 saturated heterocycles. The summed E-state index contributed by atoms with van der Waals surface area (Å²) in [6.45, 7) is 2.61. The molecule has 1 aliphatic heterocycles. The number of nitrogen functional groups attached to an aromatic ring is 1. The van der Waals surface area contributed by atoms with Crippen LogP contribution in [-0.4, -0.2) is 54.2 Å². The van der Waals surface area contributed by atoms with E-state index in [2.05, 4.69) is 21.4 Å². The average molecular weight is 579 g/mol. The van der Waals surface area contributed by atoms with Crippen molar-refractivity contribution in [2.75, 3.05) is 24.6 Å². The van der Waals surface area contributed by atoms with Crippen LogP contribution >= 0.6 is 11.3 Å². The van der Waals surface area contributed by atoms with Crippen LogP contribution in [0.2, 0.25) is 0 Å². The molecule has 0 aliphatic carbocycles. The van der Waals surface area contributed by atoms with Gasteiger partial charge in [-0.25, -0.2) is 13.4 Å². The predicted molar refractivity (Wildman–Crippen MR) is 154 cm³/mol. The highest BCUT2D eigenvalue weighted by atomic mass is 32.2. The van der Waals surface area contributed by atoms with Gasteiger partial charge in [-0.2, -0.15) is 0 Å². The van der Waals surface area contributed by atoms with Gasteiger partial charge in [0.25, 0.3) is 0 Å². The van der Waals surface area contributed by atoms with Crippen molar-refractivity contribution in [3.05, 3.63) is 89.4 Å². The summed E-state index contributed by atoms with van der Waals surface area (Å²) in [6, 6.07) is 16.6. The zero-order valence-corrected chi connectivity index (χ0v) is 23.5. The zero-order valence-electron chi connectivity index (χ0n) is 21.9. The number of carbonyl (C=O) groups is 1. The highest BCUT2D eigenvalue weighted by molar-refractivity contribution is 7.94. The molecule has 2 aromatic carbocycles. The molecule has 9 nitrogen and oxygen atoms in total. The summed E-state index contributed by atoms with van der Waals surface area (Å²) < 4.78 is 31.6. The number of thiazole rings is 1. The Bertz CT molecular complexity index is 1610. The minimum atomic E-state index is -3.82. The maximum Gasteiger partial charge on any atom is 0.197 e. The van der Waals surface area contributed by atoms with E-state index in [-0.39, 0.29) is 15.4 Å². The molecular weight excluding hydrogens is 548 g/mol. The van der Waals surface area contributed by atoms with E-state index in [0.717, 1.165) is 52.2 Å². The molecule has 4 N–H and O–H groups in total. The molecule has 0 saturated carbocycles. The fourth-order valence-corrected chi connectivity index (χ4v) is 7.35. The number of hydrogen-bond acceptors (Lipinski definition) is 10. The van der Waals surface area contributed by atoms with E-state index >= 15 is 0 Å². The van der Waals surface area contributed by atoms with Gasteiger partial charge in [0.1, 0.15) is 21.8 Å². The second-order valence-corrected chi connectivity index (χ2v) is 13.0. The Morgan fingerprint density at radius 1 is 1.20 bits per heavy atom. The molecule has 1 aliphatic rings. The van der Waals surface area contributed by atoms with E-state index < -0.39 is 27.5 Å². The van der Waals surface area contributed by atoms with Gasteiger partial charge in [-0.3, -0.25) is 9.78 Å². The monoisotopic (exact) mass is 578 g/mol. The van der Waals surface area contributed by atoms with E-state index in [9.17, 15) is 18.3 Å². The molecule has 0 bridgehead atoms. The van der Waals surface area contributed by atoms with E-state index in [1.54, 1.807) is 37.5 Å². The van der Waals surface area contributed by atoms with Crippen LogP contribution in [0.5, 0.6) is 5.75 Å². The van der Waals surface area contributed by atoms with Crippen molar-refractivity contribution < 1.29 is 23.1 Å². The summed E-state index contributed by atoms with van der Waals surface area (Å²) in [5.74, 6) is -0.279. The first-order valence-electron chi connectivity index (χ1n) is 12.9. The van der Waals surface area contributed by atoms with Gasteiger partial charge >= 0.3 is 0 Å².